The lowest BCUT2D eigenvalue weighted by Crippen LogP contribution is -2.17. The maximum atomic E-state index is 13.0. The SMILES string of the molecule is Cc1ccc(C2=Nc3cc(C)c(C)cc3N=C(SCC(=O)Nc3cccc(C(F)(F)F)c3)C2)cc1. The number of benzene rings is 3. The van der Waals surface area contributed by atoms with E-state index in [9.17, 15) is 18.0 Å². The minimum absolute atomic E-state index is 0.0104. The number of aliphatic imine (C=N–C) groups is 2. The second-order valence-corrected chi connectivity index (χ2v) is 9.50. The fraction of sp³-hybridized carbons (Fsp3) is 0.222. The molecule has 0 saturated heterocycles. The maximum absolute atomic E-state index is 13.0. The van der Waals surface area contributed by atoms with Crippen LogP contribution < -0.4 is 5.32 Å². The summed E-state index contributed by atoms with van der Waals surface area (Å²) in [7, 11) is 0. The van der Waals surface area contributed by atoms with Crippen molar-refractivity contribution in [1.82, 2.24) is 0 Å². The first-order valence-electron chi connectivity index (χ1n) is 11.0. The van der Waals surface area contributed by atoms with Crippen LogP contribution in [0.25, 0.3) is 0 Å². The van der Waals surface area contributed by atoms with Gasteiger partial charge in [-0.15, -0.1) is 11.8 Å². The topological polar surface area (TPSA) is 53.8 Å². The third-order valence-electron chi connectivity index (χ3n) is 5.64. The second-order valence-electron chi connectivity index (χ2n) is 8.45. The summed E-state index contributed by atoms with van der Waals surface area (Å²) < 4.78 is 38.9. The molecule has 180 valence electrons. The third-order valence-corrected chi connectivity index (χ3v) is 6.61. The molecule has 4 nitrogen and oxygen atoms in total. The van der Waals surface area contributed by atoms with Gasteiger partial charge in [-0.25, -0.2) is 4.99 Å². The Morgan fingerprint density at radius 3 is 2.26 bits per heavy atom. The first-order chi connectivity index (χ1) is 16.6. The molecular weight excluding hydrogens is 471 g/mol. The van der Waals surface area contributed by atoms with E-state index >= 15 is 0 Å². The molecule has 0 atom stereocenters. The average Bonchev–Trinajstić information content (AvgIpc) is 2.97. The van der Waals surface area contributed by atoms with Crippen molar-refractivity contribution in [3.63, 3.8) is 0 Å². The summed E-state index contributed by atoms with van der Waals surface area (Å²) in [4.78, 5) is 22.2. The van der Waals surface area contributed by atoms with Gasteiger partial charge in [0.25, 0.3) is 0 Å². The van der Waals surface area contributed by atoms with Gasteiger partial charge >= 0.3 is 6.18 Å². The molecule has 0 saturated carbocycles. The van der Waals surface area contributed by atoms with Crippen LogP contribution in [0, 0.1) is 20.8 Å². The van der Waals surface area contributed by atoms with Gasteiger partial charge < -0.3 is 5.32 Å². The predicted molar refractivity (Wildman–Crippen MR) is 138 cm³/mol. The van der Waals surface area contributed by atoms with Crippen molar-refractivity contribution in [2.45, 2.75) is 33.4 Å². The number of rotatable bonds is 4. The van der Waals surface area contributed by atoms with E-state index in [4.69, 9.17) is 9.98 Å². The van der Waals surface area contributed by atoms with Crippen molar-refractivity contribution in [3.05, 3.63) is 88.5 Å². The van der Waals surface area contributed by atoms with E-state index in [-0.39, 0.29) is 11.4 Å². The number of thioether (sulfide) groups is 1. The number of amides is 1. The van der Waals surface area contributed by atoms with Crippen molar-refractivity contribution in [2.24, 2.45) is 9.98 Å². The lowest BCUT2D eigenvalue weighted by atomic mass is 10.1. The molecule has 35 heavy (non-hydrogen) atoms. The summed E-state index contributed by atoms with van der Waals surface area (Å²) in [5, 5.41) is 3.26. The van der Waals surface area contributed by atoms with Crippen molar-refractivity contribution < 1.29 is 18.0 Å². The average molecular weight is 496 g/mol. The van der Waals surface area contributed by atoms with Gasteiger partial charge in [0.15, 0.2) is 0 Å². The number of aryl methyl sites for hydroxylation is 3. The van der Waals surface area contributed by atoms with Gasteiger partial charge in [-0.1, -0.05) is 35.9 Å². The molecule has 8 heteroatoms. The zero-order valence-corrected chi connectivity index (χ0v) is 20.3. The Morgan fingerprint density at radius 2 is 1.60 bits per heavy atom. The maximum Gasteiger partial charge on any atom is 0.416 e. The number of carbonyl (C=O) groups is 1. The summed E-state index contributed by atoms with van der Waals surface area (Å²) in [6, 6.07) is 16.7. The molecular formula is C27H24F3N3OS. The molecule has 0 bridgehead atoms. The Bertz CT molecular complexity index is 1330. The molecule has 3 aromatic carbocycles. The van der Waals surface area contributed by atoms with E-state index in [0.717, 1.165) is 51.5 Å². The molecule has 3 aromatic rings. The molecule has 1 heterocycles. The first kappa shape index (κ1) is 24.7. The van der Waals surface area contributed by atoms with Crippen molar-refractivity contribution >= 4 is 45.5 Å². The number of hydrogen-bond donors (Lipinski definition) is 1. The van der Waals surface area contributed by atoms with Gasteiger partial charge in [0.1, 0.15) is 0 Å². The normalized spacial score (nSPS) is 13.4. The molecule has 0 aliphatic carbocycles. The van der Waals surface area contributed by atoms with Crippen LogP contribution in [0.1, 0.15) is 34.2 Å². The van der Waals surface area contributed by atoms with Crippen molar-refractivity contribution in [2.75, 3.05) is 11.1 Å². The Labute approximate surface area is 206 Å². The summed E-state index contributed by atoms with van der Waals surface area (Å²) in [6.45, 7) is 6.06. The fourth-order valence-corrected chi connectivity index (χ4v) is 4.35. The van der Waals surface area contributed by atoms with Crippen molar-refractivity contribution in [3.8, 4) is 0 Å². The summed E-state index contributed by atoms with van der Waals surface area (Å²) >= 11 is 1.26. The summed E-state index contributed by atoms with van der Waals surface area (Å²) in [5.74, 6) is -0.397. The molecule has 0 fully saturated rings. The standard InChI is InChI=1S/C27H24F3N3OS/c1-16-7-9-19(10-8-16)22-14-26(33-24-12-18(3)17(2)11-23(24)32-22)35-15-25(34)31-21-6-4-5-20(13-21)27(28,29)30/h4-13H,14-15H2,1-3H3,(H,31,34). The molecule has 0 spiro atoms. The van der Waals surface area contributed by atoms with Crippen LogP contribution in [0.3, 0.4) is 0 Å². The van der Waals surface area contributed by atoms with Crippen molar-refractivity contribution in [1.29, 1.82) is 0 Å². The zero-order chi connectivity index (χ0) is 25.2. The number of fused-ring (bicyclic) bond motifs is 1. The monoisotopic (exact) mass is 495 g/mol. The molecule has 1 aliphatic heterocycles. The highest BCUT2D eigenvalue weighted by Crippen LogP contribution is 2.36. The van der Waals surface area contributed by atoms with Crippen LogP contribution in [0.15, 0.2) is 70.6 Å². The molecule has 1 aliphatic rings. The van der Waals surface area contributed by atoms with Gasteiger partial charge in [-0.2, -0.15) is 13.2 Å². The number of nitrogens with one attached hydrogen (secondary N) is 1. The van der Waals surface area contributed by atoms with E-state index in [0.29, 0.717) is 11.5 Å². The molecule has 0 radical (unpaired) electrons. The van der Waals surface area contributed by atoms with Crippen LogP contribution in [0.4, 0.5) is 30.2 Å². The predicted octanol–water partition coefficient (Wildman–Crippen LogP) is 7.56. The summed E-state index contributed by atoms with van der Waals surface area (Å²) in [5.41, 5.74) is 5.97. The van der Waals surface area contributed by atoms with Crippen LogP contribution in [-0.4, -0.2) is 22.4 Å². The number of carbonyl (C=O) groups excluding carboxylic acids is 1. The quantitative estimate of drug-likeness (QED) is 0.406. The van der Waals surface area contributed by atoms with E-state index < -0.39 is 17.6 Å². The van der Waals surface area contributed by atoms with Gasteiger partial charge in [0.2, 0.25) is 5.91 Å². The third kappa shape index (κ3) is 6.19. The second kappa shape index (κ2) is 10.1. The van der Waals surface area contributed by atoms with E-state index in [1.807, 2.05) is 57.2 Å². The van der Waals surface area contributed by atoms with Gasteiger partial charge in [-0.3, -0.25) is 9.79 Å². The Morgan fingerprint density at radius 1 is 0.943 bits per heavy atom. The minimum Gasteiger partial charge on any atom is -0.325 e. The molecule has 4 rings (SSSR count). The number of hydrogen-bond acceptors (Lipinski definition) is 4. The lowest BCUT2D eigenvalue weighted by molar-refractivity contribution is -0.137. The molecule has 1 amide bonds. The van der Waals surface area contributed by atoms with Gasteiger partial charge in [0, 0.05) is 12.1 Å². The first-order valence-corrected chi connectivity index (χ1v) is 12.0. The number of halogens is 3. The number of nitrogens with zero attached hydrogens (tertiary/aromatic N) is 2. The van der Waals surface area contributed by atoms with Crippen LogP contribution in [0.5, 0.6) is 0 Å². The van der Waals surface area contributed by atoms with E-state index in [1.165, 1.54) is 23.9 Å². The smallest absolute Gasteiger partial charge is 0.325 e. The zero-order valence-electron chi connectivity index (χ0n) is 19.5. The van der Waals surface area contributed by atoms with Gasteiger partial charge in [0.05, 0.1) is 33.4 Å². The number of anilines is 1. The molecule has 0 unspecified atom stereocenters. The summed E-state index contributed by atoms with van der Waals surface area (Å²) in [6.07, 6.45) is -4.03. The Kier molecular flexibility index (Phi) is 7.12. The van der Waals surface area contributed by atoms with Gasteiger partial charge in [-0.05, 0) is 67.8 Å². The largest absolute Gasteiger partial charge is 0.416 e. The Balaban J connectivity index is 1.55. The minimum atomic E-state index is -4.47. The highest BCUT2D eigenvalue weighted by Gasteiger charge is 2.30. The lowest BCUT2D eigenvalue weighted by Gasteiger charge is -2.10. The Hall–Kier alpha value is -3.39. The van der Waals surface area contributed by atoms with E-state index in [1.54, 1.807) is 0 Å². The molecule has 0 aromatic heterocycles. The van der Waals surface area contributed by atoms with Crippen LogP contribution in [0.2, 0.25) is 0 Å². The van der Waals surface area contributed by atoms with Crippen LogP contribution >= 0.6 is 11.8 Å². The fourth-order valence-electron chi connectivity index (χ4n) is 3.58. The number of alkyl halides is 3. The highest BCUT2D eigenvalue weighted by molar-refractivity contribution is 8.14. The van der Waals surface area contributed by atoms with Crippen LogP contribution in [-0.2, 0) is 11.0 Å². The highest BCUT2D eigenvalue weighted by atomic mass is 32.2. The van der Waals surface area contributed by atoms with E-state index in [2.05, 4.69) is 5.32 Å². The molecule has 1 N–H and O–H groups in total.